The van der Waals surface area contributed by atoms with E-state index in [1.54, 1.807) is 0 Å². The fraction of sp³-hybridized carbons (Fsp3) is 1.00. The van der Waals surface area contributed by atoms with Gasteiger partial charge in [-0.15, -0.1) is 0 Å². The average molecular weight is 216 g/mol. The summed E-state index contributed by atoms with van der Waals surface area (Å²) in [5.41, 5.74) is 0. The van der Waals surface area contributed by atoms with Crippen molar-refractivity contribution in [3.8, 4) is 0 Å². The average Bonchev–Trinajstić information content (AvgIpc) is 2.19. The summed E-state index contributed by atoms with van der Waals surface area (Å²) in [6.45, 7) is 2.33. The summed E-state index contributed by atoms with van der Waals surface area (Å²) in [6.07, 6.45) is 9.45. The van der Waals surface area contributed by atoms with Gasteiger partial charge in [-0.3, -0.25) is 0 Å². The van der Waals surface area contributed by atoms with E-state index < -0.39 is 0 Å². The minimum atomic E-state index is -0.0188. The van der Waals surface area contributed by atoms with Gasteiger partial charge in [-0.05, 0) is 49.5 Å². The molecular formula is C12H24OS. The van der Waals surface area contributed by atoms with Gasteiger partial charge in [-0.2, -0.15) is 11.8 Å². The smallest absolute Gasteiger partial charge is 0.0568 e. The zero-order valence-corrected chi connectivity index (χ0v) is 10.4. The molecule has 0 heterocycles. The largest absolute Gasteiger partial charge is 0.393 e. The number of aliphatic hydroxyl groups is 1. The van der Waals surface area contributed by atoms with Crippen molar-refractivity contribution in [2.45, 2.75) is 51.6 Å². The van der Waals surface area contributed by atoms with E-state index in [0.717, 1.165) is 12.3 Å². The second kappa shape index (κ2) is 6.73. The topological polar surface area (TPSA) is 20.2 Å². The molecule has 0 aromatic carbocycles. The van der Waals surface area contributed by atoms with Crippen LogP contribution in [0.2, 0.25) is 0 Å². The second-order valence-electron chi connectivity index (χ2n) is 4.72. The lowest BCUT2D eigenvalue weighted by Gasteiger charge is -2.29. The summed E-state index contributed by atoms with van der Waals surface area (Å²) in [7, 11) is 0. The molecule has 1 nitrogen and oxygen atoms in total. The van der Waals surface area contributed by atoms with E-state index in [1.165, 1.54) is 37.9 Å². The molecule has 0 aliphatic heterocycles. The molecule has 0 spiro atoms. The second-order valence-corrected chi connectivity index (χ2v) is 5.71. The molecule has 1 N–H and O–H groups in total. The predicted octanol–water partition coefficient (Wildman–Crippen LogP) is 3.32. The molecule has 0 aromatic heterocycles. The van der Waals surface area contributed by atoms with Crippen molar-refractivity contribution < 1.29 is 5.11 Å². The summed E-state index contributed by atoms with van der Waals surface area (Å²) in [6, 6.07) is 0. The van der Waals surface area contributed by atoms with E-state index in [9.17, 15) is 5.11 Å². The van der Waals surface area contributed by atoms with Gasteiger partial charge in [-0.1, -0.05) is 19.8 Å². The fourth-order valence-corrected chi connectivity index (χ4v) is 2.80. The van der Waals surface area contributed by atoms with Gasteiger partial charge in [-0.25, -0.2) is 0 Å². The fourth-order valence-electron chi connectivity index (χ4n) is 2.34. The third-order valence-corrected chi connectivity index (χ3v) is 4.15. The van der Waals surface area contributed by atoms with E-state index in [1.807, 2.05) is 11.8 Å². The van der Waals surface area contributed by atoms with Crippen LogP contribution in [0.25, 0.3) is 0 Å². The van der Waals surface area contributed by atoms with Crippen LogP contribution >= 0.6 is 11.8 Å². The molecule has 2 heteroatoms. The minimum Gasteiger partial charge on any atom is -0.393 e. The van der Waals surface area contributed by atoms with Crippen LogP contribution < -0.4 is 0 Å². The quantitative estimate of drug-likeness (QED) is 0.711. The molecule has 1 fully saturated rings. The first-order chi connectivity index (χ1) is 6.74. The molecule has 1 saturated carbocycles. The maximum Gasteiger partial charge on any atom is 0.0568 e. The molecule has 84 valence electrons. The molecule has 0 aromatic rings. The van der Waals surface area contributed by atoms with Gasteiger partial charge in [0.2, 0.25) is 0 Å². The lowest BCUT2D eigenvalue weighted by atomic mass is 9.79. The van der Waals surface area contributed by atoms with Crippen LogP contribution in [0.5, 0.6) is 0 Å². The molecule has 14 heavy (non-hydrogen) atoms. The Labute approximate surface area is 92.7 Å². The van der Waals surface area contributed by atoms with Crippen LogP contribution in [0.3, 0.4) is 0 Å². The molecule has 0 saturated heterocycles. The van der Waals surface area contributed by atoms with Crippen LogP contribution in [0.15, 0.2) is 0 Å². The highest BCUT2D eigenvalue weighted by Crippen LogP contribution is 2.31. The molecule has 0 radical (unpaired) electrons. The van der Waals surface area contributed by atoms with Gasteiger partial charge in [0.1, 0.15) is 0 Å². The molecule has 1 rings (SSSR count). The van der Waals surface area contributed by atoms with Gasteiger partial charge in [0.25, 0.3) is 0 Å². The monoisotopic (exact) mass is 216 g/mol. The Kier molecular flexibility index (Phi) is 5.95. The van der Waals surface area contributed by atoms with Crippen molar-refractivity contribution in [3.05, 3.63) is 0 Å². The highest BCUT2D eigenvalue weighted by molar-refractivity contribution is 7.98. The highest BCUT2D eigenvalue weighted by Gasteiger charge is 2.23. The van der Waals surface area contributed by atoms with Gasteiger partial charge < -0.3 is 5.11 Å². The lowest BCUT2D eigenvalue weighted by molar-refractivity contribution is 0.0684. The van der Waals surface area contributed by atoms with Crippen molar-refractivity contribution in [2.24, 2.45) is 11.8 Å². The SMILES string of the molecule is CSCCCC(O)C1CCC(C)CC1. The van der Waals surface area contributed by atoms with Crippen molar-refractivity contribution in [2.75, 3.05) is 12.0 Å². The zero-order valence-electron chi connectivity index (χ0n) is 9.54. The van der Waals surface area contributed by atoms with Crippen molar-refractivity contribution in [1.82, 2.24) is 0 Å². The molecule has 1 aliphatic rings. The van der Waals surface area contributed by atoms with Gasteiger partial charge in [0.15, 0.2) is 0 Å². The summed E-state index contributed by atoms with van der Waals surface area (Å²) in [5.74, 6) is 2.69. The third-order valence-electron chi connectivity index (χ3n) is 3.45. The van der Waals surface area contributed by atoms with Crippen LogP contribution in [-0.4, -0.2) is 23.2 Å². The minimum absolute atomic E-state index is 0.0188. The molecular weight excluding hydrogens is 192 g/mol. The van der Waals surface area contributed by atoms with Crippen molar-refractivity contribution in [3.63, 3.8) is 0 Å². The Morgan fingerprint density at radius 3 is 2.50 bits per heavy atom. The normalized spacial score (nSPS) is 30.2. The summed E-state index contributed by atoms with van der Waals surface area (Å²) in [4.78, 5) is 0. The first-order valence-corrected chi connectivity index (χ1v) is 7.30. The van der Waals surface area contributed by atoms with Gasteiger partial charge in [0, 0.05) is 0 Å². The Bertz CT molecular complexity index is 141. The van der Waals surface area contributed by atoms with Crippen LogP contribution in [-0.2, 0) is 0 Å². The van der Waals surface area contributed by atoms with Crippen LogP contribution in [0.4, 0.5) is 0 Å². The first-order valence-electron chi connectivity index (χ1n) is 5.91. The number of thioether (sulfide) groups is 1. The Morgan fingerprint density at radius 2 is 1.93 bits per heavy atom. The highest BCUT2D eigenvalue weighted by atomic mass is 32.2. The molecule has 1 aliphatic carbocycles. The number of rotatable bonds is 5. The van der Waals surface area contributed by atoms with Crippen LogP contribution in [0.1, 0.15) is 45.4 Å². The summed E-state index contributed by atoms with van der Waals surface area (Å²) in [5, 5.41) is 9.98. The number of hydrogen-bond donors (Lipinski definition) is 1. The standard InChI is InChI=1S/C12H24OS/c1-10-5-7-11(8-6-10)12(13)4-3-9-14-2/h10-13H,3-9H2,1-2H3. The predicted molar refractivity (Wildman–Crippen MR) is 64.7 cm³/mol. The Morgan fingerprint density at radius 1 is 1.29 bits per heavy atom. The van der Waals surface area contributed by atoms with E-state index in [0.29, 0.717) is 5.92 Å². The van der Waals surface area contributed by atoms with Crippen molar-refractivity contribution >= 4 is 11.8 Å². The molecule has 1 atom stereocenters. The van der Waals surface area contributed by atoms with E-state index in [2.05, 4.69) is 13.2 Å². The maximum absolute atomic E-state index is 9.98. The lowest BCUT2D eigenvalue weighted by Crippen LogP contribution is -2.25. The van der Waals surface area contributed by atoms with Crippen molar-refractivity contribution in [1.29, 1.82) is 0 Å². The molecule has 1 unspecified atom stereocenters. The first kappa shape index (κ1) is 12.4. The van der Waals surface area contributed by atoms with Gasteiger partial charge in [0.05, 0.1) is 6.10 Å². The maximum atomic E-state index is 9.98. The molecule has 0 bridgehead atoms. The van der Waals surface area contributed by atoms with E-state index >= 15 is 0 Å². The third kappa shape index (κ3) is 4.22. The van der Waals surface area contributed by atoms with Crippen LogP contribution in [0, 0.1) is 11.8 Å². The van der Waals surface area contributed by atoms with E-state index in [-0.39, 0.29) is 6.10 Å². The van der Waals surface area contributed by atoms with Gasteiger partial charge >= 0.3 is 0 Å². The summed E-state index contributed by atoms with van der Waals surface area (Å²) >= 11 is 1.88. The zero-order chi connectivity index (χ0) is 10.4. The Hall–Kier alpha value is 0.310. The number of hydrogen-bond acceptors (Lipinski definition) is 2. The number of aliphatic hydroxyl groups excluding tert-OH is 1. The summed E-state index contributed by atoms with van der Waals surface area (Å²) < 4.78 is 0. The molecule has 0 amide bonds. The van der Waals surface area contributed by atoms with E-state index in [4.69, 9.17) is 0 Å². The Balaban J connectivity index is 2.13.